The summed E-state index contributed by atoms with van der Waals surface area (Å²) in [5.41, 5.74) is 0.664. The van der Waals surface area contributed by atoms with E-state index in [9.17, 15) is 19.5 Å². The number of hydrogen-bond donors (Lipinski definition) is 2. The number of aliphatic carboxylic acids is 1. The monoisotopic (exact) mass is 399 g/mol. The molecule has 2 aromatic rings. The highest BCUT2D eigenvalue weighted by Gasteiger charge is 2.30. The SMILES string of the molecule is CC(C)C[C@@H](NC(=O)C1CCC(Cn2cnc3ccccc3c2=O)CC1)C(=O)O. The number of nitrogens with one attached hydrogen (secondary N) is 1. The number of rotatable bonds is 7. The molecule has 1 aliphatic rings. The Kier molecular flexibility index (Phi) is 6.67. The van der Waals surface area contributed by atoms with E-state index >= 15 is 0 Å². The molecule has 0 bridgehead atoms. The Morgan fingerprint density at radius 1 is 1.21 bits per heavy atom. The average Bonchev–Trinajstić information content (AvgIpc) is 2.70. The van der Waals surface area contributed by atoms with Crippen molar-refractivity contribution < 1.29 is 14.7 Å². The summed E-state index contributed by atoms with van der Waals surface area (Å²) in [5.74, 6) is -0.802. The van der Waals surface area contributed by atoms with Gasteiger partial charge in [0, 0.05) is 12.5 Å². The van der Waals surface area contributed by atoms with Gasteiger partial charge >= 0.3 is 5.97 Å². The third-order valence-corrected chi connectivity index (χ3v) is 5.73. The highest BCUT2D eigenvalue weighted by atomic mass is 16.4. The maximum atomic E-state index is 12.7. The van der Waals surface area contributed by atoms with Crippen LogP contribution in [0.4, 0.5) is 0 Å². The first-order chi connectivity index (χ1) is 13.8. The molecule has 3 rings (SSSR count). The molecule has 1 fully saturated rings. The van der Waals surface area contributed by atoms with Gasteiger partial charge in [-0.15, -0.1) is 0 Å². The molecule has 0 unspecified atom stereocenters. The molecule has 0 spiro atoms. The molecule has 29 heavy (non-hydrogen) atoms. The fraction of sp³-hybridized carbons (Fsp3) is 0.545. The van der Waals surface area contributed by atoms with Gasteiger partial charge in [-0.05, 0) is 56.1 Å². The summed E-state index contributed by atoms with van der Waals surface area (Å²) >= 11 is 0. The number of carboxylic acid groups (broad SMARTS) is 1. The lowest BCUT2D eigenvalue weighted by Crippen LogP contribution is -2.45. The highest BCUT2D eigenvalue weighted by Crippen LogP contribution is 2.30. The van der Waals surface area contributed by atoms with Crippen molar-refractivity contribution >= 4 is 22.8 Å². The van der Waals surface area contributed by atoms with Crippen molar-refractivity contribution in [3.05, 3.63) is 40.9 Å². The second kappa shape index (κ2) is 9.20. The molecule has 1 aromatic carbocycles. The Morgan fingerprint density at radius 2 is 1.90 bits per heavy atom. The molecule has 1 aromatic heterocycles. The molecule has 0 saturated heterocycles. The Balaban J connectivity index is 1.56. The number of carbonyl (C=O) groups is 2. The second-order valence-corrected chi connectivity index (χ2v) is 8.47. The number of hydrogen-bond acceptors (Lipinski definition) is 4. The number of carbonyl (C=O) groups excluding carboxylic acids is 1. The Labute approximate surface area is 170 Å². The fourth-order valence-electron chi connectivity index (χ4n) is 4.10. The van der Waals surface area contributed by atoms with Gasteiger partial charge in [-0.2, -0.15) is 0 Å². The minimum absolute atomic E-state index is 0.0338. The van der Waals surface area contributed by atoms with E-state index in [4.69, 9.17) is 0 Å². The molecule has 1 saturated carbocycles. The molecule has 2 N–H and O–H groups in total. The van der Waals surface area contributed by atoms with Gasteiger partial charge in [0.1, 0.15) is 6.04 Å². The molecule has 1 heterocycles. The molecule has 7 heteroatoms. The predicted molar refractivity (Wildman–Crippen MR) is 110 cm³/mol. The smallest absolute Gasteiger partial charge is 0.326 e. The van der Waals surface area contributed by atoms with Crippen molar-refractivity contribution in [3.8, 4) is 0 Å². The summed E-state index contributed by atoms with van der Waals surface area (Å²) < 4.78 is 1.66. The number of carboxylic acids is 1. The molecule has 0 aliphatic heterocycles. The lowest BCUT2D eigenvalue weighted by Gasteiger charge is -2.29. The van der Waals surface area contributed by atoms with Crippen molar-refractivity contribution in [1.82, 2.24) is 14.9 Å². The molecule has 156 valence electrons. The van der Waals surface area contributed by atoms with Crippen LogP contribution in [0.5, 0.6) is 0 Å². The summed E-state index contributed by atoms with van der Waals surface area (Å²) in [6.45, 7) is 4.48. The number of benzene rings is 1. The van der Waals surface area contributed by atoms with Crippen LogP contribution in [-0.4, -0.2) is 32.6 Å². The van der Waals surface area contributed by atoms with Gasteiger partial charge in [-0.1, -0.05) is 26.0 Å². The molecule has 1 atom stereocenters. The van der Waals surface area contributed by atoms with Gasteiger partial charge < -0.3 is 10.4 Å². The van der Waals surface area contributed by atoms with E-state index in [1.807, 2.05) is 32.0 Å². The molecule has 1 amide bonds. The zero-order valence-electron chi connectivity index (χ0n) is 17.0. The molecule has 0 radical (unpaired) electrons. The minimum atomic E-state index is -0.982. The Hall–Kier alpha value is -2.70. The maximum Gasteiger partial charge on any atom is 0.326 e. The topological polar surface area (TPSA) is 101 Å². The van der Waals surface area contributed by atoms with E-state index in [0.29, 0.717) is 42.6 Å². The Bertz CT molecular complexity index is 929. The van der Waals surface area contributed by atoms with Crippen LogP contribution in [0.1, 0.15) is 46.0 Å². The number of amides is 1. The normalized spacial score (nSPS) is 20.5. The first-order valence-corrected chi connectivity index (χ1v) is 10.3. The van der Waals surface area contributed by atoms with Crippen LogP contribution < -0.4 is 10.9 Å². The quantitative estimate of drug-likeness (QED) is 0.745. The Morgan fingerprint density at radius 3 is 2.55 bits per heavy atom. The van der Waals surface area contributed by atoms with Crippen LogP contribution in [-0.2, 0) is 16.1 Å². The zero-order valence-corrected chi connectivity index (χ0v) is 17.0. The van der Waals surface area contributed by atoms with Gasteiger partial charge in [0.05, 0.1) is 17.2 Å². The number of fused-ring (bicyclic) bond motifs is 1. The molecule has 7 nitrogen and oxygen atoms in total. The van der Waals surface area contributed by atoms with E-state index in [1.54, 1.807) is 17.0 Å². The minimum Gasteiger partial charge on any atom is -0.480 e. The summed E-state index contributed by atoms with van der Waals surface area (Å²) in [4.78, 5) is 40.9. The predicted octanol–water partition coefficient (Wildman–Crippen LogP) is 2.82. The summed E-state index contributed by atoms with van der Waals surface area (Å²) in [7, 11) is 0. The average molecular weight is 399 g/mol. The molecule has 1 aliphatic carbocycles. The standard InChI is InChI=1S/C22H29N3O4/c1-14(2)11-19(22(28)29)24-20(26)16-9-7-15(8-10-16)12-25-13-23-18-6-4-3-5-17(18)21(25)27/h3-6,13-16,19H,7-12H2,1-2H3,(H,24,26)(H,28,29)/t15?,16?,19-/m1/s1. The van der Waals surface area contributed by atoms with E-state index in [1.165, 1.54) is 0 Å². The van der Waals surface area contributed by atoms with Crippen LogP contribution in [0.3, 0.4) is 0 Å². The summed E-state index contributed by atoms with van der Waals surface area (Å²) in [5, 5.41) is 12.6. The largest absolute Gasteiger partial charge is 0.480 e. The third-order valence-electron chi connectivity index (χ3n) is 5.73. The van der Waals surface area contributed by atoms with Crippen LogP contribution in [0.25, 0.3) is 10.9 Å². The maximum absolute atomic E-state index is 12.7. The van der Waals surface area contributed by atoms with E-state index < -0.39 is 12.0 Å². The number of aromatic nitrogens is 2. The number of para-hydroxylation sites is 1. The zero-order chi connectivity index (χ0) is 21.0. The molecular weight excluding hydrogens is 370 g/mol. The van der Waals surface area contributed by atoms with Crippen molar-refractivity contribution in [3.63, 3.8) is 0 Å². The van der Waals surface area contributed by atoms with Gasteiger partial charge in [0.15, 0.2) is 0 Å². The lowest BCUT2D eigenvalue weighted by atomic mass is 9.81. The van der Waals surface area contributed by atoms with Crippen LogP contribution in [0, 0.1) is 17.8 Å². The van der Waals surface area contributed by atoms with Crippen LogP contribution in [0.15, 0.2) is 35.4 Å². The number of nitrogens with zero attached hydrogens (tertiary/aromatic N) is 2. The third kappa shape index (κ3) is 5.22. The first kappa shape index (κ1) is 21.0. The molecular formula is C22H29N3O4. The highest BCUT2D eigenvalue weighted by molar-refractivity contribution is 5.85. The fourth-order valence-corrected chi connectivity index (χ4v) is 4.10. The van der Waals surface area contributed by atoms with Gasteiger partial charge in [0.2, 0.25) is 5.91 Å². The van der Waals surface area contributed by atoms with Gasteiger partial charge in [-0.3, -0.25) is 14.2 Å². The van der Waals surface area contributed by atoms with E-state index in [-0.39, 0.29) is 23.3 Å². The van der Waals surface area contributed by atoms with Crippen molar-refractivity contribution in [2.24, 2.45) is 17.8 Å². The first-order valence-electron chi connectivity index (χ1n) is 10.3. The van der Waals surface area contributed by atoms with Gasteiger partial charge in [0.25, 0.3) is 5.56 Å². The lowest BCUT2D eigenvalue weighted by molar-refractivity contribution is -0.143. The van der Waals surface area contributed by atoms with E-state index in [2.05, 4.69) is 10.3 Å². The summed E-state index contributed by atoms with van der Waals surface area (Å²) in [6, 6.07) is 6.49. The van der Waals surface area contributed by atoms with Crippen molar-refractivity contribution in [2.75, 3.05) is 0 Å². The van der Waals surface area contributed by atoms with Crippen LogP contribution in [0.2, 0.25) is 0 Å². The second-order valence-electron chi connectivity index (χ2n) is 8.47. The van der Waals surface area contributed by atoms with Crippen molar-refractivity contribution in [1.29, 1.82) is 0 Å². The van der Waals surface area contributed by atoms with Crippen LogP contribution >= 0.6 is 0 Å². The van der Waals surface area contributed by atoms with Gasteiger partial charge in [-0.25, -0.2) is 9.78 Å². The van der Waals surface area contributed by atoms with Crippen molar-refractivity contribution in [2.45, 2.75) is 58.5 Å². The van der Waals surface area contributed by atoms with E-state index in [0.717, 1.165) is 12.8 Å². The summed E-state index contributed by atoms with van der Waals surface area (Å²) in [6.07, 6.45) is 5.11.